The van der Waals surface area contributed by atoms with Crippen molar-refractivity contribution in [3.05, 3.63) is 0 Å². The molecule has 1 aliphatic heterocycles. The molecule has 0 radical (unpaired) electrons. The average molecular weight is 417 g/mol. The molecule has 0 aliphatic carbocycles. The van der Waals surface area contributed by atoms with E-state index in [2.05, 4.69) is 6.92 Å². The van der Waals surface area contributed by atoms with Gasteiger partial charge in [0.1, 0.15) is 18.3 Å². The molecule has 1 heterocycles. The van der Waals surface area contributed by atoms with Crippen molar-refractivity contribution in [1.29, 1.82) is 0 Å². The molecule has 0 bridgehead atoms. The lowest BCUT2D eigenvalue weighted by molar-refractivity contribution is -0.160. The third-order valence-corrected chi connectivity index (χ3v) is 5.73. The Morgan fingerprint density at radius 3 is 1.90 bits per heavy atom. The van der Waals surface area contributed by atoms with Gasteiger partial charge in [-0.2, -0.15) is 0 Å². The molecule has 0 saturated carbocycles. The minimum absolute atomic E-state index is 0.00146. The molecule has 6 heteroatoms. The molecule has 0 amide bonds. The number of hydrogen-bond acceptors (Lipinski definition) is 6. The van der Waals surface area contributed by atoms with Gasteiger partial charge >= 0.3 is 5.97 Å². The topological polar surface area (TPSA) is 96.2 Å². The summed E-state index contributed by atoms with van der Waals surface area (Å²) in [6.45, 7) is 1.76. The van der Waals surface area contributed by atoms with Crippen molar-refractivity contribution in [1.82, 2.24) is 0 Å². The number of aliphatic hydroxyl groups excluding tert-OH is 3. The van der Waals surface area contributed by atoms with Gasteiger partial charge in [0.15, 0.2) is 6.10 Å². The van der Waals surface area contributed by atoms with Crippen molar-refractivity contribution in [2.45, 2.75) is 128 Å². The molecule has 1 fully saturated rings. The predicted octanol–water partition coefficient (Wildman–Crippen LogP) is 3.88. The summed E-state index contributed by atoms with van der Waals surface area (Å²) in [7, 11) is 0. The zero-order valence-corrected chi connectivity index (χ0v) is 18.4. The molecular weight excluding hydrogens is 372 g/mol. The van der Waals surface area contributed by atoms with Crippen LogP contribution in [0.5, 0.6) is 0 Å². The van der Waals surface area contributed by atoms with E-state index in [1.807, 2.05) is 0 Å². The van der Waals surface area contributed by atoms with E-state index in [1.54, 1.807) is 0 Å². The number of esters is 1. The first-order chi connectivity index (χ1) is 14.1. The van der Waals surface area contributed by atoms with Crippen LogP contribution in [0.4, 0.5) is 0 Å². The molecule has 0 aromatic rings. The highest BCUT2D eigenvalue weighted by molar-refractivity contribution is 5.69. The standard InChI is InChI=1S/C23H44O6/c1-2-3-4-5-6-7-8-9-10-11-12-13-14-15-16-21(27)29-23-20(26)18-28-22(23)19(25)17-24/h19-20,22-26H,2-18H2,1H3/t19-,20-,22-,23-/m1/s1. The van der Waals surface area contributed by atoms with Gasteiger partial charge < -0.3 is 24.8 Å². The van der Waals surface area contributed by atoms with Crippen LogP contribution in [0.15, 0.2) is 0 Å². The van der Waals surface area contributed by atoms with Gasteiger partial charge in [0.05, 0.1) is 13.2 Å². The normalized spacial score (nSPS) is 22.7. The molecule has 172 valence electrons. The lowest BCUT2D eigenvalue weighted by Gasteiger charge is -2.23. The van der Waals surface area contributed by atoms with Crippen molar-refractivity contribution in [2.24, 2.45) is 0 Å². The van der Waals surface area contributed by atoms with Crippen molar-refractivity contribution >= 4 is 5.97 Å². The van der Waals surface area contributed by atoms with E-state index in [0.29, 0.717) is 6.42 Å². The molecule has 4 atom stereocenters. The van der Waals surface area contributed by atoms with Crippen LogP contribution in [0.2, 0.25) is 0 Å². The Hall–Kier alpha value is -0.690. The third kappa shape index (κ3) is 11.9. The molecule has 0 aromatic heterocycles. The van der Waals surface area contributed by atoms with Crippen LogP contribution in [0, 0.1) is 0 Å². The summed E-state index contributed by atoms with van der Waals surface area (Å²) in [5, 5.41) is 28.6. The number of unbranched alkanes of at least 4 members (excludes halogenated alkanes) is 13. The maximum Gasteiger partial charge on any atom is 0.306 e. The zero-order chi connectivity index (χ0) is 21.3. The fraction of sp³-hybridized carbons (Fsp3) is 0.957. The van der Waals surface area contributed by atoms with Crippen molar-refractivity contribution in [3.63, 3.8) is 0 Å². The highest BCUT2D eigenvalue weighted by Crippen LogP contribution is 2.22. The molecule has 3 N–H and O–H groups in total. The number of carbonyl (C=O) groups is 1. The second kappa shape index (κ2) is 17.0. The van der Waals surface area contributed by atoms with Crippen LogP contribution in [0.3, 0.4) is 0 Å². The summed E-state index contributed by atoms with van der Waals surface area (Å²) >= 11 is 0. The second-order valence-electron chi connectivity index (χ2n) is 8.42. The summed E-state index contributed by atoms with van der Waals surface area (Å²) in [5.41, 5.74) is 0. The van der Waals surface area contributed by atoms with Gasteiger partial charge in [-0.3, -0.25) is 4.79 Å². The molecule has 1 rings (SSSR count). The Morgan fingerprint density at radius 1 is 0.931 bits per heavy atom. The minimum atomic E-state index is -1.16. The molecular formula is C23H44O6. The first kappa shape index (κ1) is 26.3. The lowest BCUT2D eigenvalue weighted by Crippen LogP contribution is -2.43. The Labute approximate surface area is 177 Å². The second-order valence-corrected chi connectivity index (χ2v) is 8.42. The van der Waals surface area contributed by atoms with Gasteiger partial charge in [-0.1, -0.05) is 90.4 Å². The van der Waals surface area contributed by atoms with E-state index >= 15 is 0 Å². The number of aliphatic hydroxyl groups is 3. The first-order valence-corrected chi connectivity index (χ1v) is 11.9. The maximum atomic E-state index is 12.0. The average Bonchev–Trinajstić information content (AvgIpc) is 3.07. The van der Waals surface area contributed by atoms with Gasteiger partial charge in [0, 0.05) is 6.42 Å². The minimum Gasteiger partial charge on any atom is -0.457 e. The summed E-state index contributed by atoms with van der Waals surface area (Å²) < 4.78 is 10.5. The van der Waals surface area contributed by atoms with Gasteiger partial charge in [-0.05, 0) is 6.42 Å². The monoisotopic (exact) mass is 416 g/mol. The quantitative estimate of drug-likeness (QED) is 0.232. The van der Waals surface area contributed by atoms with Crippen molar-refractivity contribution < 1.29 is 29.6 Å². The van der Waals surface area contributed by atoms with E-state index in [1.165, 1.54) is 70.6 Å². The Kier molecular flexibility index (Phi) is 15.5. The molecule has 0 aromatic carbocycles. The molecule has 29 heavy (non-hydrogen) atoms. The van der Waals surface area contributed by atoms with Crippen LogP contribution in [0.25, 0.3) is 0 Å². The summed E-state index contributed by atoms with van der Waals surface area (Å²) in [6.07, 6.45) is 14.1. The summed E-state index contributed by atoms with van der Waals surface area (Å²) in [4.78, 5) is 12.0. The summed E-state index contributed by atoms with van der Waals surface area (Å²) in [6, 6.07) is 0. The Bertz CT molecular complexity index is 403. The molecule has 6 nitrogen and oxygen atoms in total. The van der Waals surface area contributed by atoms with Crippen LogP contribution >= 0.6 is 0 Å². The van der Waals surface area contributed by atoms with Gasteiger partial charge in [0.25, 0.3) is 0 Å². The van der Waals surface area contributed by atoms with E-state index < -0.39 is 31.0 Å². The highest BCUT2D eigenvalue weighted by Gasteiger charge is 2.42. The number of rotatable bonds is 18. The van der Waals surface area contributed by atoms with Crippen molar-refractivity contribution in [2.75, 3.05) is 13.2 Å². The van der Waals surface area contributed by atoms with Crippen LogP contribution in [0.1, 0.15) is 103 Å². The number of carbonyl (C=O) groups excluding carboxylic acids is 1. The third-order valence-electron chi connectivity index (χ3n) is 5.73. The van der Waals surface area contributed by atoms with Gasteiger partial charge in [-0.25, -0.2) is 0 Å². The maximum absolute atomic E-state index is 12.0. The predicted molar refractivity (Wildman–Crippen MR) is 114 cm³/mol. The highest BCUT2D eigenvalue weighted by atomic mass is 16.6. The van der Waals surface area contributed by atoms with Crippen molar-refractivity contribution in [3.8, 4) is 0 Å². The van der Waals surface area contributed by atoms with E-state index in [-0.39, 0.29) is 12.6 Å². The fourth-order valence-corrected chi connectivity index (χ4v) is 3.87. The molecule has 0 spiro atoms. The number of hydrogen-bond donors (Lipinski definition) is 3. The van der Waals surface area contributed by atoms with Gasteiger partial charge in [-0.15, -0.1) is 0 Å². The van der Waals surface area contributed by atoms with E-state index in [9.17, 15) is 15.0 Å². The first-order valence-electron chi connectivity index (χ1n) is 11.9. The SMILES string of the molecule is CCCCCCCCCCCCCCCCC(=O)O[C@H]1[C@@H]([C@H](O)CO)OC[C@H]1O. The molecule has 1 aliphatic rings. The summed E-state index contributed by atoms with van der Waals surface area (Å²) in [5.74, 6) is -0.381. The molecule has 1 saturated heterocycles. The zero-order valence-electron chi connectivity index (χ0n) is 18.4. The Morgan fingerprint density at radius 2 is 1.41 bits per heavy atom. The molecule has 0 unspecified atom stereocenters. The smallest absolute Gasteiger partial charge is 0.306 e. The van der Waals surface area contributed by atoms with Crippen LogP contribution < -0.4 is 0 Å². The number of ether oxygens (including phenoxy) is 2. The van der Waals surface area contributed by atoms with E-state index in [4.69, 9.17) is 14.6 Å². The fourth-order valence-electron chi connectivity index (χ4n) is 3.87. The lowest BCUT2D eigenvalue weighted by atomic mass is 10.0. The van der Waals surface area contributed by atoms with Gasteiger partial charge in [0.2, 0.25) is 0 Å². The van der Waals surface area contributed by atoms with E-state index in [0.717, 1.165) is 19.3 Å². The Balaban J connectivity index is 1.94. The van der Waals surface area contributed by atoms with Crippen LogP contribution in [-0.4, -0.2) is 58.9 Å². The van der Waals surface area contributed by atoms with Crippen LogP contribution in [-0.2, 0) is 14.3 Å². The largest absolute Gasteiger partial charge is 0.457 e.